The van der Waals surface area contributed by atoms with E-state index in [9.17, 15) is 8.42 Å². The summed E-state index contributed by atoms with van der Waals surface area (Å²) in [6, 6.07) is 0.390. The highest BCUT2D eigenvalue weighted by molar-refractivity contribution is 7.88. The lowest BCUT2D eigenvalue weighted by molar-refractivity contribution is 0.0983. The molecule has 2 fully saturated rings. The van der Waals surface area contributed by atoms with E-state index >= 15 is 0 Å². The number of likely N-dealkylation sites (tertiary alicyclic amines) is 1. The fourth-order valence-electron chi connectivity index (χ4n) is 3.55. The summed E-state index contributed by atoms with van der Waals surface area (Å²) in [5.41, 5.74) is 0. The van der Waals surface area contributed by atoms with E-state index in [-0.39, 0.29) is 0 Å². The van der Waals surface area contributed by atoms with Crippen molar-refractivity contribution >= 4 is 10.0 Å². The molecule has 2 aliphatic heterocycles. The third kappa shape index (κ3) is 3.33. The van der Waals surface area contributed by atoms with Gasteiger partial charge in [-0.15, -0.1) is 0 Å². The minimum absolute atomic E-state index is 0.390. The molecule has 0 saturated carbocycles. The predicted octanol–water partition coefficient (Wildman–Crippen LogP) is 0.423. The number of hydrogen-bond donors (Lipinski definition) is 0. The molecular formula is C14H25N5O2S. The average Bonchev–Trinajstić information content (AvgIpc) is 2.71. The predicted molar refractivity (Wildman–Crippen MR) is 84.1 cm³/mol. The Balaban J connectivity index is 1.55. The number of rotatable bonds is 4. The van der Waals surface area contributed by atoms with Gasteiger partial charge in [0.2, 0.25) is 10.0 Å². The number of hydrogen-bond acceptors (Lipinski definition) is 5. The van der Waals surface area contributed by atoms with Gasteiger partial charge in [0.15, 0.2) is 0 Å². The second kappa shape index (κ2) is 5.90. The maximum atomic E-state index is 11.4. The first kappa shape index (κ1) is 15.9. The Labute approximate surface area is 132 Å². The molecule has 3 rings (SSSR count). The molecule has 0 aliphatic carbocycles. The Kier molecular flexibility index (Phi) is 4.26. The van der Waals surface area contributed by atoms with Crippen LogP contribution in [-0.4, -0.2) is 71.4 Å². The quantitative estimate of drug-likeness (QED) is 0.802. The van der Waals surface area contributed by atoms with Crippen molar-refractivity contribution in [1.29, 1.82) is 0 Å². The lowest BCUT2D eigenvalue weighted by atomic mass is 9.99. The fourth-order valence-corrected chi connectivity index (χ4v) is 4.52. The van der Waals surface area contributed by atoms with Gasteiger partial charge >= 0.3 is 0 Å². The molecule has 3 heterocycles. The number of aryl methyl sites for hydroxylation is 2. The minimum atomic E-state index is -3.00. The molecular weight excluding hydrogens is 302 g/mol. The van der Waals surface area contributed by atoms with E-state index < -0.39 is 10.0 Å². The summed E-state index contributed by atoms with van der Waals surface area (Å²) in [4.78, 5) is 6.85. The van der Waals surface area contributed by atoms with Gasteiger partial charge in [0, 0.05) is 26.2 Å². The van der Waals surface area contributed by atoms with Crippen LogP contribution in [0.5, 0.6) is 0 Å². The van der Waals surface area contributed by atoms with Crippen LogP contribution in [0.4, 0.5) is 0 Å². The summed E-state index contributed by atoms with van der Waals surface area (Å²) >= 11 is 0. The molecule has 1 aromatic heterocycles. The van der Waals surface area contributed by atoms with Crippen LogP contribution in [0.3, 0.4) is 0 Å². The van der Waals surface area contributed by atoms with Crippen molar-refractivity contribution in [2.75, 3.05) is 39.0 Å². The van der Waals surface area contributed by atoms with Crippen molar-refractivity contribution in [2.24, 2.45) is 5.92 Å². The second-order valence-corrected chi connectivity index (χ2v) is 8.63. The zero-order valence-corrected chi connectivity index (χ0v) is 14.4. The fraction of sp³-hybridized carbons (Fsp3) is 0.857. The van der Waals surface area contributed by atoms with Crippen molar-refractivity contribution in [2.45, 2.75) is 32.7 Å². The van der Waals surface area contributed by atoms with Crippen LogP contribution in [0.1, 0.15) is 30.5 Å². The lowest BCUT2D eigenvalue weighted by Gasteiger charge is -2.42. The largest absolute Gasteiger partial charge is 0.301 e. The molecule has 22 heavy (non-hydrogen) atoms. The zero-order valence-electron chi connectivity index (χ0n) is 13.6. The SMILES string of the molecule is Cc1nc(C)n(C2CCCN(CC3CN(S(C)(=O)=O)C3)C2)n1. The summed E-state index contributed by atoms with van der Waals surface area (Å²) in [5, 5.41) is 4.52. The van der Waals surface area contributed by atoms with Gasteiger partial charge < -0.3 is 4.90 Å². The van der Waals surface area contributed by atoms with Gasteiger partial charge in [0.25, 0.3) is 0 Å². The number of nitrogens with zero attached hydrogens (tertiary/aromatic N) is 5. The molecule has 2 aliphatic rings. The Hall–Kier alpha value is -0.990. The first-order chi connectivity index (χ1) is 10.3. The molecule has 0 spiro atoms. The third-order valence-electron chi connectivity index (χ3n) is 4.64. The topological polar surface area (TPSA) is 71.3 Å². The van der Waals surface area contributed by atoms with Crippen LogP contribution < -0.4 is 0 Å². The van der Waals surface area contributed by atoms with Gasteiger partial charge in [0.05, 0.1) is 12.3 Å². The first-order valence-corrected chi connectivity index (χ1v) is 9.75. The summed E-state index contributed by atoms with van der Waals surface area (Å²) in [7, 11) is -3.00. The Morgan fingerprint density at radius 1 is 1.23 bits per heavy atom. The number of aromatic nitrogens is 3. The van der Waals surface area contributed by atoms with Gasteiger partial charge in [-0.2, -0.15) is 5.10 Å². The van der Waals surface area contributed by atoms with Gasteiger partial charge in [-0.05, 0) is 39.2 Å². The van der Waals surface area contributed by atoms with Crippen LogP contribution >= 0.6 is 0 Å². The average molecular weight is 327 g/mol. The highest BCUT2D eigenvalue weighted by Crippen LogP contribution is 2.25. The molecule has 2 saturated heterocycles. The first-order valence-electron chi connectivity index (χ1n) is 7.90. The molecule has 0 N–H and O–H groups in total. The van der Waals surface area contributed by atoms with E-state index in [4.69, 9.17) is 0 Å². The lowest BCUT2D eigenvalue weighted by Crippen LogP contribution is -2.54. The Bertz CT molecular complexity index is 636. The molecule has 1 unspecified atom stereocenters. The highest BCUT2D eigenvalue weighted by atomic mass is 32.2. The smallest absolute Gasteiger partial charge is 0.211 e. The molecule has 1 aromatic rings. The second-order valence-electron chi connectivity index (χ2n) is 6.65. The van der Waals surface area contributed by atoms with E-state index in [1.165, 1.54) is 6.26 Å². The van der Waals surface area contributed by atoms with Gasteiger partial charge in [-0.3, -0.25) is 0 Å². The normalized spacial score (nSPS) is 25.3. The van der Waals surface area contributed by atoms with Crippen molar-refractivity contribution in [1.82, 2.24) is 24.0 Å². The van der Waals surface area contributed by atoms with Crippen molar-refractivity contribution < 1.29 is 8.42 Å². The zero-order chi connectivity index (χ0) is 15.9. The van der Waals surface area contributed by atoms with Crippen LogP contribution in [0, 0.1) is 19.8 Å². The number of piperidine rings is 1. The van der Waals surface area contributed by atoms with Gasteiger partial charge in [-0.1, -0.05) is 0 Å². The molecule has 0 radical (unpaired) electrons. The van der Waals surface area contributed by atoms with Crippen LogP contribution in [0.15, 0.2) is 0 Å². The summed E-state index contributed by atoms with van der Waals surface area (Å²) < 4.78 is 26.5. The van der Waals surface area contributed by atoms with Crippen LogP contribution in [0.25, 0.3) is 0 Å². The Morgan fingerprint density at radius 2 is 1.95 bits per heavy atom. The number of sulfonamides is 1. The monoisotopic (exact) mass is 327 g/mol. The van der Waals surface area contributed by atoms with Crippen molar-refractivity contribution in [3.63, 3.8) is 0 Å². The third-order valence-corrected chi connectivity index (χ3v) is 5.88. The molecule has 7 nitrogen and oxygen atoms in total. The molecule has 0 amide bonds. The van der Waals surface area contributed by atoms with E-state index in [0.29, 0.717) is 25.0 Å². The highest BCUT2D eigenvalue weighted by Gasteiger charge is 2.35. The molecule has 8 heteroatoms. The summed E-state index contributed by atoms with van der Waals surface area (Å²) in [6.07, 6.45) is 3.59. The maximum Gasteiger partial charge on any atom is 0.211 e. The molecule has 124 valence electrons. The van der Waals surface area contributed by atoms with E-state index in [2.05, 4.69) is 19.7 Å². The van der Waals surface area contributed by atoms with Crippen LogP contribution in [0.2, 0.25) is 0 Å². The molecule has 0 bridgehead atoms. The van der Waals surface area contributed by atoms with Crippen LogP contribution in [-0.2, 0) is 10.0 Å². The van der Waals surface area contributed by atoms with Crippen molar-refractivity contribution in [3.8, 4) is 0 Å². The molecule has 0 aromatic carbocycles. The molecule has 1 atom stereocenters. The van der Waals surface area contributed by atoms with Gasteiger partial charge in [-0.25, -0.2) is 22.4 Å². The van der Waals surface area contributed by atoms with Crippen molar-refractivity contribution in [3.05, 3.63) is 11.6 Å². The Morgan fingerprint density at radius 3 is 2.55 bits per heavy atom. The summed E-state index contributed by atoms with van der Waals surface area (Å²) in [5.74, 6) is 2.28. The van der Waals surface area contributed by atoms with Gasteiger partial charge in [0.1, 0.15) is 11.6 Å². The van der Waals surface area contributed by atoms with E-state index in [1.807, 2.05) is 13.8 Å². The standard InChI is InChI=1S/C14H25N5O2S/c1-11-15-12(2)19(16-11)14-5-4-6-17(10-14)7-13-8-18(9-13)22(3,20)21/h13-14H,4-10H2,1-3H3. The van der Waals surface area contributed by atoms with E-state index in [1.54, 1.807) is 4.31 Å². The summed E-state index contributed by atoms with van der Waals surface area (Å²) in [6.45, 7) is 8.34. The minimum Gasteiger partial charge on any atom is -0.301 e. The maximum absolute atomic E-state index is 11.4. The van der Waals surface area contributed by atoms with E-state index in [0.717, 1.165) is 44.1 Å².